The molecular weight excluding hydrogens is 326 g/mol. The summed E-state index contributed by atoms with van der Waals surface area (Å²) in [4.78, 5) is 4.89. The van der Waals surface area contributed by atoms with Crippen molar-refractivity contribution in [3.63, 3.8) is 0 Å². The maximum Gasteiger partial charge on any atom is 0.162 e. The van der Waals surface area contributed by atoms with Crippen molar-refractivity contribution < 1.29 is 18.6 Å². The van der Waals surface area contributed by atoms with Crippen LogP contribution in [-0.4, -0.2) is 73.0 Å². The standard InChI is InChI=1S/C19H26F2N2O2/c20-16-3-1-2-14(17(16)21)15-12-23(8-10-25-11-9-24)18-13-4-6-22(7-5-13)19(15)18/h1-3,13,15,18-19,24H,4-12H2/t15-,18-,19-/m1/s1. The molecule has 1 aromatic carbocycles. The zero-order valence-corrected chi connectivity index (χ0v) is 14.4. The fraction of sp³-hybridized carbons (Fsp3) is 0.684. The number of benzene rings is 1. The van der Waals surface area contributed by atoms with E-state index >= 15 is 0 Å². The molecule has 4 aliphatic heterocycles. The van der Waals surface area contributed by atoms with Crippen LogP contribution in [0.25, 0.3) is 0 Å². The van der Waals surface area contributed by atoms with Crippen molar-refractivity contribution in [2.75, 3.05) is 46.0 Å². The van der Waals surface area contributed by atoms with E-state index in [1.165, 1.54) is 18.9 Å². The first-order valence-electron chi connectivity index (χ1n) is 9.31. The van der Waals surface area contributed by atoms with Crippen LogP contribution in [0.2, 0.25) is 0 Å². The molecule has 4 nitrogen and oxygen atoms in total. The molecule has 1 aromatic rings. The van der Waals surface area contributed by atoms with Crippen LogP contribution in [0.15, 0.2) is 18.2 Å². The van der Waals surface area contributed by atoms with E-state index in [9.17, 15) is 8.78 Å². The van der Waals surface area contributed by atoms with Crippen molar-refractivity contribution >= 4 is 0 Å². The monoisotopic (exact) mass is 352 g/mol. The van der Waals surface area contributed by atoms with E-state index in [0.717, 1.165) is 26.2 Å². The van der Waals surface area contributed by atoms with Gasteiger partial charge in [-0.15, -0.1) is 0 Å². The minimum atomic E-state index is -0.755. The Morgan fingerprint density at radius 3 is 2.68 bits per heavy atom. The van der Waals surface area contributed by atoms with Gasteiger partial charge in [0, 0.05) is 31.1 Å². The van der Waals surface area contributed by atoms with Crippen LogP contribution in [-0.2, 0) is 4.74 Å². The molecule has 1 N–H and O–H groups in total. The molecule has 5 rings (SSSR count). The molecule has 0 radical (unpaired) electrons. The first kappa shape index (κ1) is 17.3. The number of piperidine rings is 3. The molecule has 0 aliphatic carbocycles. The van der Waals surface area contributed by atoms with Crippen molar-refractivity contribution in [3.05, 3.63) is 35.4 Å². The Morgan fingerprint density at radius 2 is 1.92 bits per heavy atom. The highest BCUT2D eigenvalue weighted by molar-refractivity contribution is 5.29. The minimum absolute atomic E-state index is 0.00152. The molecule has 138 valence electrons. The van der Waals surface area contributed by atoms with Gasteiger partial charge in [0.1, 0.15) is 0 Å². The lowest BCUT2D eigenvalue weighted by Crippen LogP contribution is -2.60. The SMILES string of the molecule is OCCOCCN1C[C@H](c2cccc(F)c2F)[C@@H]2[C@H]1C1CCN2CC1. The summed E-state index contributed by atoms with van der Waals surface area (Å²) in [6, 6.07) is 5.22. The van der Waals surface area contributed by atoms with E-state index < -0.39 is 11.6 Å². The quantitative estimate of drug-likeness (QED) is 0.793. The number of likely N-dealkylation sites (tertiary alicyclic amines) is 1. The van der Waals surface area contributed by atoms with Crippen molar-refractivity contribution in [2.24, 2.45) is 5.92 Å². The van der Waals surface area contributed by atoms with Gasteiger partial charge >= 0.3 is 0 Å². The number of fused-ring (bicyclic) bond motifs is 2. The highest BCUT2D eigenvalue weighted by atomic mass is 19.2. The van der Waals surface area contributed by atoms with Gasteiger partial charge in [-0.1, -0.05) is 12.1 Å². The lowest BCUT2D eigenvalue weighted by Gasteiger charge is -2.51. The molecular formula is C19H26F2N2O2. The number of aliphatic hydroxyl groups excluding tert-OH is 1. The Kier molecular flexibility index (Phi) is 5.04. The van der Waals surface area contributed by atoms with E-state index in [2.05, 4.69) is 9.80 Å². The summed E-state index contributed by atoms with van der Waals surface area (Å²) >= 11 is 0. The molecule has 4 heterocycles. The van der Waals surface area contributed by atoms with Crippen molar-refractivity contribution in [2.45, 2.75) is 30.8 Å². The second-order valence-electron chi connectivity index (χ2n) is 7.44. The fourth-order valence-corrected chi connectivity index (χ4v) is 5.22. The number of hydrogen-bond acceptors (Lipinski definition) is 4. The van der Waals surface area contributed by atoms with Gasteiger partial charge in [-0.3, -0.25) is 9.80 Å². The predicted molar refractivity (Wildman–Crippen MR) is 90.4 cm³/mol. The summed E-state index contributed by atoms with van der Waals surface area (Å²) in [5.41, 5.74) is 0.515. The molecule has 4 saturated heterocycles. The second kappa shape index (κ2) is 7.27. The van der Waals surface area contributed by atoms with E-state index in [1.54, 1.807) is 12.1 Å². The van der Waals surface area contributed by atoms with E-state index in [0.29, 0.717) is 30.7 Å². The maximum absolute atomic E-state index is 14.5. The van der Waals surface area contributed by atoms with Gasteiger partial charge in [0.2, 0.25) is 0 Å². The zero-order valence-electron chi connectivity index (χ0n) is 14.4. The lowest BCUT2D eigenvalue weighted by molar-refractivity contribution is -0.0155. The van der Waals surface area contributed by atoms with Crippen molar-refractivity contribution in [3.8, 4) is 0 Å². The van der Waals surface area contributed by atoms with Gasteiger partial charge < -0.3 is 9.84 Å². The van der Waals surface area contributed by atoms with Crippen LogP contribution in [0.3, 0.4) is 0 Å². The number of halogens is 2. The molecule has 0 amide bonds. The lowest BCUT2D eigenvalue weighted by atomic mass is 9.75. The zero-order chi connectivity index (χ0) is 17.4. The summed E-state index contributed by atoms with van der Waals surface area (Å²) in [6.45, 7) is 4.58. The highest BCUT2D eigenvalue weighted by Gasteiger charge is 2.53. The summed E-state index contributed by atoms with van der Waals surface area (Å²) in [5.74, 6) is -0.807. The van der Waals surface area contributed by atoms with Gasteiger partial charge in [0.15, 0.2) is 11.6 Å². The fourth-order valence-electron chi connectivity index (χ4n) is 5.22. The molecule has 25 heavy (non-hydrogen) atoms. The number of nitrogens with zero attached hydrogens (tertiary/aromatic N) is 2. The molecule has 4 aliphatic rings. The van der Waals surface area contributed by atoms with Gasteiger partial charge in [-0.05, 0) is 43.5 Å². The third-order valence-electron chi connectivity index (χ3n) is 6.23. The molecule has 4 fully saturated rings. The van der Waals surface area contributed by atoms with Gasteiger partial charge in [0.25, 0.3) is 0 Å². The molecule has 6 heteroatoms. The third kappa shape index (κ3) is 3.10. The Labute approximate surface area is 147 Å². The van der Waals surface area contributed by atoms with Gasteiger partial charge in [-0.2, -0.15) is 0 Å². The Morgan fingerprint density at radius 1 is 1.12 bits per heavy atom. The van der Waals surface area contributed by atoms with Gasteiger partial charge in [-0.25, -0.2) is 8.78 Å². The first-order chi connectivity index (χ1) is 12.2. The van der Waals surface area contributed by atoms with Crippen LogP contribution >= 0.6 is 0 Å². The van der Waals surface area contributed by atoms with Crippen LogP contribution in [0.5, 0.6) is 0 Å². The van der Waals surface area contributed by atoms with E-state index in [-0.39, 0.29) is 18.6 Å². The van der Waals surface area contributed by atoms with Crippen molar-refractivity contribution in [1.29, 1.82) is 0 Å². The molecule has 0 saturated carbocycles. The van der Waals surface area contributed by atoms with Crippen molar-refractivity contribution in [1.82, 2.24) is 9.80 Å². The second-order valence-corrected chi connectivity index (χ2v) is 7.44. The topological polar surface area (TPSA) is 35.9 Å². The Balaban J connectivity index is 1.58. The molecule has 2 bridgehead atoms. The molecule has 3 atom stereocenters. The number of hydrogen-bond donors (Lipinski definition) is 1. The normalized spacial score (nSPS) is 34.4. The average Bonchev–Trinajstić information content (AvgIpc) is 3.04. The molecule has 0 aromatic heterocycles. The average molecular weight is 352 g/mol. The largest absolute Gasteiger partial charge is 0.394 e. The summed E-state index contributed by atoms with van der Waals surface area (Å²) < 4.78 is 33.7. The number of ether oxygens (including phenoxy) is 1. The first-order valence-corrected chi connectivity index (χ1v) is 9.31. The van der Waals surface area contributed by atoms with Crippen LogP contribution < -0.4 is 0 Å². The number of rotatable bonds is 6. The third-order valence-corrected chi connectivity index (χ3v) is 6.23. The van der Waals surface area contributed by atoms with Crippen LogP contribution in [0.4, 0.5) is 8.78 Å². The van der Waals surface area contributed by atoms with Crippen LogP contribution in [0.1, 0.15) is 24.3 Å². The van der Waals surface area contributed by atoms with Gasteiger partial charge in [0.05, 0.1) is 19.8 Å². The summed E-state index contributed by atoms with van der Waals surface area (Å²) in [7, 11) is 0. The minimum Gasteiger partial charge on any atom is -0.394 e. The molecule has 0 unspecified atom stereocenters. The number of aliphatic hydroxyl groups is 1. The maximum atomic E-state index is 14.5. The Hall–Kier alpha value is -1.08. The summed E-state index contributed by atoms with van der Waals surface area (Å²) in [6.07, 6.45) is 2.38. The Bertz CT molecular complexity index is 607. The molecule has 0 spiro atoms. The summed E-state index contributed by atoms with van der Waals surface area (Å²) in [5, 5.41) is 8.86. The predicted octanol–water partition coefficient (Wildman–Crippen LogP) is 1.84. The van der Waals surface area contributed by atoms with Crippen LogP contribution in [0, 0.1) is 17.6 Å². The van der Waals surface area contributed by atoms with E-state index in [1.807, 2.05) is 0 Å². The smallest absolute Gasteiger partial charge is 0.162 e. The van der Waals surface area contributed by atoms with E-state index in [4.69, 9.17) is 9.84 Å². The highest BCUT2D eigenvalue weighted by Crippen LogP contribution is 2.46.